The van der Waals surface area contributed by atoms with Crippen LogP contribution in [0, 0.1) is 0 Å². The minimum absolute atomic E-state index is 0.165. The van der Waals surface area contributed by atoms with Crippen molar-refractivity contribution in [2.24, 2.45) is 0 Å². The maximum absolute atomic E-state index is 13.1. The topological polar surface area (TPSA) is 73.2 Å². The summed E-state index contributed by atoms with van der Waals surface area (Å²) in [5, 5.41) is 4.10. The van der Waals surface area contributed by atoms with Gasteiger partial charge in [-0.1, -0.05) is 47.1 Å². The molecule has 0 bridgehead atoms. The van der Waals surface area contributed by atoms with Crippen LogP contribution in [0.25, 0.3) is 10.9 Å². The van der Waals surface area contributed by atoms with E-state index in [1.54, 1.807) is 55.0 Å². The summed E-state index contributed by atoms with van der Waals surface area (Å²) in [6.07, 6.45) is 0. The Balaban J connectivity index is 1.92. The number of benzene rings is 2. The molecule has 0 aliphatic carbocycles. The number of methoxy groups -OCH3 is 1. The third-order valence-electron chi connectivity index (χ3n) is 4.41. The zero-order valence-electron chi connectivity index (χ0n) is 16.7. The minimum Gasteiger partial charge on any atom is -0.383 e. The van der Waals surface area contributed by atoms with E-state index in [0.29, 0.717) is 38.4 Å². The Morgan fingerprint density at radius 3 is 2.53 bits per heavy atom. The lowest BCUT2D eigenvalue weighted by Gasteiger charge is -2.20. The maximum atomic E-state index is 13.1. The summed E-state index contributed by atoms with van der Waals surface area (Å²) < 4.78 is 6.81. The second-order valence-electron chi connectivity index (χ2n) is 6.80. The molecule has 1 N–H and O–H groups in total. The molecule has 158 valence electrons. The van der Waals surface area contributed by atoms with E-state index < -0.39 is 5.25 Å². The summed E-state index contributed by atoms with van der Waals surface area (Å²) in [7, 11) is 1.58. The van der Waals surface area contributed by atoms with Crippen LogP contribution in [-0.2, 0) is 9.53 Å². The number of fused-ring (bicyclic) bond motifs is 1. The SMILES string of the molecule is COC[C@@H](C)n1c(S[C@H](C)C(=O)Nc2cc(Cl)cc(Cl)c2)nc2ccccc2c1=O. The number of nitrogens with zero attached hydrogens (tertiary/aromatic N) is 2. The first-order valence-electron chi connectivity index (χ1n) is 9.24. The van der Waals surface area contributed by atoms with Gasteiger partial charge in [0, 0.05) is 22.8 Å². The van der Waals surface area contributed by atoms with Crippen LogP contribution in [0.2, 0.25) is 10.0 Å². The Hall–Kier alpha value is -2.06. The van der Waals surface area contributed by atoms with Crippen molar-refractivity contribution in [3.05, 3.63) is 62.9 Å². The van der Waals surface area contributed by atoms with Crippen molar-refractivity contribution in [1.82, 2.24) is 9.55 Å². The van der Waals surface area contributed by atoms with E-state index in [1.165, 1.54) is 11.8 Å². The molecule has 1 aromatic heterocycles. The van der Waals surface area contributed by atoms with Crippen molar-refractivity contribution < 1.29 is 9.53 Å². The Morgan fingerprint density at radius 1 is 1.20 bits per heavy atom. The molecule has 3 rings (SSSR count). The van der Waals surface area contributed by atoms with E-state index in [9.17, 15) is 9.59 Å². The normalized spacial score (nSPS) is 13.2. The van der Waals surface area contributed by atoms with Gasteiger partial charge in [0.15, 0.2) is 5.16 Å². The van der Waals surface area contributed by atoms with Gasteiger partial charge in [0.25, 0.3) is 5.56 Å². The highest BCUT2D eigenvalue weighted by Gasteiger charge is 2.22. The Labute approximate surface area is 188 Å². The lowest BCUT2D eigenvalue weighted by Crippen LogP contribution is -2.30. The number of hydrogen-bond donors (Lipinski definition) is 1. The fourth-order valence-electron chi connectivity index (χ4n) is 2.99. The standard InChI is InChI=1S/C21H21Cl2N3O3S/c1-12(11-29-3)26-20(28)17-6-4-5-7-18(17)25-21(26)30-13(2)19(27)24-16-9-14(22)8-15(23)10-16/h4-10,12-13H,11H2,1-3H3,(H,24,27)/t12-,13-/m1/s1. The number of para-hydroxylation sites is 1. The van der Waals surface area contributed by atoms with Gasteiger partial charge < -0.3 is 10.1 Å². The van der Waals surface area contributed by atoms with Gasteiger partial charge >= 0.3 is 0 Å². The summed E-state index contributed by atoms with van der Waals surface area (Å²) >= 11 is 13.2. The van der Waals surface area contributed by atoms with Crippen LogP contribution in [0.1, 0.15) is 19.9 Å². The highest BCUT2D eigenvalue weighted by atomic mass is 35.5. The van der Waals surface area contributed by atoms with Gasteiger partial charge in [0.05, 0.1) is 28.8 Å². The van der Waals surface area contributed by atoms with E-state index in [1.807, 2.05) is 13.0 Å². The third kappa shape index (κ3) is 5.16. The number of hydrogen-bond acceptors (Lipinski definition) is 5. The van der Waals surface area contributed by atoms with E-state index in [0.717, 1.165) is 0 Å². The maximum Gasteiger partial charge on any atom is 0.262 e. The molecular formula is C21H21Cl2N3O3S. The zero-order valence-corrected chi connectivity index (χ0v) is 19.0. The van der Waals surface area contributed by atoms with Crippen molar-refractivity contribution in [3.63, 3.8) is 0 Å². The molecule has 0 spiro atoms. The predicted octanol–water partition coefficient (Wildman–Crippen LogP) is 5.03. The van der Waals surface area contributed by atoms with Gasteiger partial charge in [-0.15, -0.1) is 0 Å². The predicted molar refractivity (Wildman–Crippen MR) is 123 cm³/mol. The molecule has 0 saturated carbocycles. The molecule has 0 aliphatic rings. The smallest absolute Gasteiger partial charge is 0.262 e. The lowest BCUT2D eigenvalue weighted by atomic mass is 10.2. The van der Waals surface area contributed by atoms with Crippen LogP contribution in [0.3, 0.4) is 0 Å². The van der Waals surface area contributed by atoms with Crippen molar-refractivity contribution >= 4 is 57.5 Å². The van der Waals surface area contributed by atoms with E-state index in [4.69, 9.17) is 27.9 Å². The van der Waals surface area contributed by atoms with Gasteiger partial charge in [-0.25, -0.2) is 4.98 Å². The van der Waals surface area contributed by atoms with Crippen LogP contribution >= 0.6 is 35.0 Å². The van der Waals surface area contributed by atoms with E-state index in [-0.39, 0.29) is 17.5 Å². The van der Waals surface area contributed by atoms with Gasteiger partial charge in [0.2, 0.25) is 5.91 Å². The number of thioether (sulfide) groups is 1. The first-order chi connectivity index (χ1) is 14.3. The average molecular weight is 466 g/mol. The van der Waals surface area contributed by atoms with Crippen molar-refractivity contribution in [1.29, 1.82) is 0 Å². The van der Waals surface area contributed by atoms with Gasteiger partial charge in [0.1, 0.15) is 0 Å². The molecular weight excluding hydrogens is 445 g/mol. The monoisotopic (exact) mass is 465 g/mol. The number of carbonyl (C=O) groups excluding carboxylic acids is 1. The number of aromatic nitrogens is 2. The molecule has 1 heterocycles. The second-order valence-corrected chi connectivity index (χ2v) is 8.98. The molecule has 2 atom stereocenters. The Morgan fingerprint density at radius 2 is 1.87 bits per heavy atom. The molecule has 0 saturated heterocycles. The Kier molecular flexibility index (Phi) is 7.41. The quantitative estimate of drug-likeness (QED) is 0.391. The molecule has 9 heteroatoms. The second kappa shape index (κ2) is 9.83. The van der Waals surface area contributed by atoms with Gasteiger partial charge in [-0.2, -0.15) is 0 Å². The summed E-state index contributed by atoms with van der Waals surface area (Å²) in [6.45, 7) is 3.97. The largest absolute Gasteiger partial charge is 0.383 e. The number of ether oxygens (including phenoxy) is 1. The highest BCUT2D eigenvalue weighted by molar-refractivity contribution is 8.00. The van der Waals surface area contributed by atoms with Crippen LogP contribution < -0.4 is 10.9 Å². The zero-order chi connectivity index (χ0) is 21.8. The first-order valence-corrected chi connectivity index (χ1v) is 10.9. The molecule has 3 aromatic rings. The summed E-state index contributed by atoms with van der Waals surface area (Å²) in [4.78, 5) is 30.5. The van der Waals surface area contributed by atoms with Crippen molar-refractivity contribution in [2.75, 3.05) is 19.0 Å². The Bertz CT molecular complexity index is 1120. The molecule has 0 radical (unpaired) electrons. The highest BCUT2D eigenvalue weighted by Crippen LogP contribution is 2.27. The van der Waals surface area contributed by atoms with E-state index >= 15 is 0 Å². The fourth-order valence-corrected chi connectivity index (χ4v) is 4.53. The number of carbonyl (C=O) groups is 1. The van der Waals surface area contributed by atoms with Crippen LogP contribution in [0.5, 0.6) is 0 Å². The van der Waals surface area contributed by atoms with Gasteiger partial charge in [-0.3, -0.25) is 14.2 Å². The summed E-state index contributed by atoms with van der Waals surface area (Å²) in [5.74, 6) is -0.258. The third-order valence-corrected chi connectivity index (χ3v) is 5.91. The van der Waals surface area contributed by atoms with Gasteiger partial charge in [-0.05, 0) is 44.2 Å². The fraction of sp³-hybridized carbons (Fsp3) is 0.286. The van der Waals surface area contributed by atoms with Crippen molar-refractivity contribution in [2.45, 2.75) is 30.3 Å². The summed E-state index contributed by atoms with van der Waals surface area (Å²) in [5.41, 5.74) is 0.920. The van der Waals surface area contributed by atoms with Crippen LogP contribution in [0.15, 0.2) is 52.4 Å². The number of rotatable bonds is 7. The first kappa shape index (κ1) is 22.6. The molecule has 0 aliphatic heterocycles. The number of anilines is 1. The summed E-state index contributed by atoms with van der Waals surface area (Å²) in [6, 6.07) is 11.7. The molecule has 1 amide bonds. The minimum atomic E-state index is -0.531. The lowest BCUT2D eigenvalue weighted by molar-refractivity contribution is -0.115. The molecule has 2 aromatic carbocycles. The van der Waals surface area contributed by atoms with E-state index in [2.05, 4.69) is 10.3 Å². The average Bonchev–Trinajstić information content (AvgIpc) is 2.67. The molecule has 30 heavy (non-hydrogen) atoms. The molecule has 0 unspecified atom stereocenters. The molecule has 0 fully saturated rings. The molecule has 6 nitrogen and oxygen atoms in total. The number of nitrogens with one attached hydrogen (secondary N) is 1. The number of amides is 1. The van der Waals surface area contributed by atoms with Crippen LogP contribution in [-0.4, -0.2) is 34.4 Å². The van der Waals surface area contributed by atoms with Crippen LogP contribution in [0.4, 0.5) is 5.69 Å². The number of halogens is 2. The van der Waals surface area contributed by atoms with Crippen molar-refractivity contribution in [3.8, 4) is 0 Å².